The molecule has 1 aliphatic rings. The molecule has 1 aromatic rings. The van der Waals surface area contributed by atoms with Crippen LogP contribution in [0.5, 0.6) is 0 Å². The maximum atomic E-state index is 12.2. The summed E-state index contributed by atoms with van der Waals surface area (Å²) in [5.74, 6) is 0.0924. The van der Waals surface area contributed by atoms with E-state index in [9.17, 15) is 9.59 Å². The summed E-state index contributed by atoms with van der Waals surface area (Å²) in [4.78, 5) is 26.2. The van der Waals surface area contributed by atoms with Crippen molar-refractivity contribution in [2.24, 2.45) is 5.73 Å². The highest BCUT2D eigenvalue weighted by molar-refractivity contribution is 5.98. The van der Waals surface area contributed by atoms with Crippen LogP contribution in [0, 0.1) is 0 Å². The first-order valence-electron chi connectivity index (χ1n) is 8.75. The van der Waals surface area contributed by atoms with Gasteiger partial charge in [-0.05, 0) is 31.2 Å². The molecule has 4 heteroatoms. The van der Waals surface area contributed by atoms with Crippen LogP contribution in [0.1, 0.15) is 61.4 Å². The second-order valence-corrected chi connectivity index (χ2v) is 6.47. The van der Waals surface area contributed by atoms with Crippen LogP contribution in [-0.4, -0.2) is 35.7 Å². The number of carbonyl (C=O) groups excluding carboxylic acids is 2. The van der Waals surface area contributed by atoms with Gasteiger partial charge in [0.2, 0.25) is 5.91 Å². The van der Waals surface area contributed by atoms with Gasteiger partial charge in [-0.1, -0.05) is 37.6 Å². The minimum atomic E-state index is 0.0432. The number of amides is 1. The van der Waals surface area contributed by atoms with Crippen molar-refractivity contribution < 1.29 is 9.59 Å². The normalized spacial score (nSPS) is 18.0. The zero-order valence-corrected chi connectivity index (χ0v) is 14.1. The third-order valence-corrected chi connectivity index (χ3v) is 4.47. The fourth-order valence-electron chi connectivity index (χ4n) is 3.00. The van der Waals surface area contributed by atoms with Crippen molar-refractivity contribution in [1.29, 1.82) is 0 Å². The Kier molecular flexibility index (Phi) is 6.78. The molecule has 0 spiro atoms. The highest BCUT2D eigenvalue weighted by Crippen LogP contribution is 2.13. The van der Waals surface area contributed by atoms with Crippen molar-refractivity contribution in [3.05, 3.63) is 35.4 Å². The smallest absolute Gasteiger partial charge is 0.223 e. The molecule has 1 atom stereocenters. The van der Waals surface area contributed by atoms with Gasteiger partial charge in [0, 0.05) is 37.5 Å². The highest BCUT2D eigenvalue weighted by atomic mass is 16.2. The van der Waals surface area contributed by atoms with Gasteiger partial charge in [-0.3, -0.25) is 9.59 Å². The van der Waals surface area contributed by atoms with Gasteiger partial charge < -0.3 is 10.6 Å². The first kappa shape index (κ1) is 17.7. The molecule has 0 saturated carbocycles. The number of hydrogen-bond donors (Lipinski definition) is 1. The first-order valence-corrected chi connectivity index (χ1v) is 8.75. The Bertz CT molecular complexity index is 525. The Morgan fingerprint density at radius 2 is 1.96 bits per heavy atom. The van der Waals surface area contributed by atoms with Crippen molar-refractivity contribution >= 4 is 11.7 Å². The van der Waals surface area contributed by atoms with Crippen molar-refractivity contribution in [2.75, 3.05) is 13.1 Å². The number of unbranched alkanes of at least 4 members (excludes halogenated alkanes) is 1. The predicted molar refractivity (Wildman–Crippen MR) is 92.4 cm³/mol. The van der Waals surface area contributed by atoms with Crippen LogP contribution < -0.4 is 5.73 Å². The molecule has 1 aliphatic heterocycles. The molecule has 1 heterocycles. The molecule has 0 bridgehead atoms. The van der Waals surface area contributed by atoms with Gasteiger partial charge >= 0.3 is 0 Å². The van der Waals surface area contributed by atoms with Crippen molar-refractivity contribution in [3.8, 4) is 0 Å². The molecule has 2 N–H and O–H groups in total. The van der Waals surface area contributed by atoms with Crippen molar-refractivity contribution in [3.63, 3.8) is 0 Å². The zero-order chi connectivity index (χ0) is 16.7. The standard InChI is InChI=1S/C19H28N2O2/c1-2-3-5-15-7-9-16(10-8-15)18(22)11-12-19(23)21-13-4-6-17(20)14-21/h7-10,17H,2-6,11-14,20H2,1H3. The van der Waals surface area contributed by atoms with Crippen LogP contribution in [0.4, 0.5) is 0 Å². The fraction of sp³-hybridized carbons (Fsp3) is 0.579. The topological polar surface area (TPSA) is 63.4 Å². The van der Waals surface area contributed by atoms with Gasteiger partial charge in [-0.15, -0.1) is 0 Å². The summed E-state index contributed by atoms with van der Waals surface area (Å²) in [6, 6.07) is 7.89. The number of carbonyl (C=O) groups is 2. The molecule has 1 amide bonds. The summed E-state index contributed by atoms with van der Waals surface area (Å²) in [7, 11) is 0. The number of likely N-dealkylation sites (tertiary alicyclic amines) is 1. The molecule has 0 aromatic heterocycles. The third-order valence-electron chi connectivity index (χ3n) is 4.47. The summed E-state index contributed by atoms with van der Waals surface area (Å²) in [6.07, 6.45) is 5.89. The SMILES string of the molecule is CCCCc1ccc(C(=O)CCC(=O)N2CCCC(N)C2)cc1. The molecule has 0 radical (unpaired) electrons. The maximum absolute atomic E-state index is 12.2. The second-order valence-electron chi connectivity index (χ2n) is 6.47. The van der Waals surface area contributed by atoms with Gasteiger partial charge in [0.1, 0.15) is 0 Å². The molecule has 0 aliphatic carbocycles. The van der Waals surface area contributed by atoms with E-state index in [2.05, 4.69) is 6.92 Å². The predicted octanol–water partition coefficient (Wildman–Crippen LogP) is 2.94. The molecule has 126 valence electrons. The number of hydrogen-bond acceptors (Lipinski definition) is 3. The Balaban J connectivity index is 1.80. The van der Waals surface area contributed by atoms with E-state index in [0.29, 0.717) is 12.1 Å². The minimum Gasteiger partial charge on any atom is -0.341 e. The summed E-state index contributed by atoms with van der Waals surface area (Å²) in [5, 5.41) is 0. The van der Waals surface area contributed by atoms with Gasteiger partial charge in [-0.25, -0.2) is 0 Å². The fourth-order valence-corrected chi connectivity index (χ4v) is 3.00. The average molecular weight is 316 g/mol. The van der Waals surface area contributed by atoms with Crippen molar-refractivity contribution in [1.82, 2.24) is 4.90 Å². The molecular weight excluding hydrogens is 288 g/mol. The maximum Gasteiger partial charge on any atom is 0.223 e. The number of aryl methyl sites for hydroxylation is 1. The molecule has 1 unspecified atom stereocenters. The molecule has 2 rings (SSSR count). The number of nitrogens with zero attached hydrogens (tertiary/aromatic N) is 1. The number of benzene rings is 1. The largest absolute Gasteiger partial charge is 0.341 e. The van der Waals surface area contributed by atoms with E-state index in [4.69, 9.17) is 5.73 Å². The Labute approximate surface area is 139 Å². The van der Waals surface area contributed by atoms with Crippen LogP contribution >= 0.6 is 0 Å². The lowest BCUT2D eigenvalue weighted by Crippen LogP contribution is -2.45. The van der Waals surface area contributed by atoms with Crippen LogP contribution in [-0.2, 0) is 11.2 Å². The van der Waals surface area contributed by atoms with Gasteiger partial charge in [0.25, 0.3) is 0 Å². The van der Waals surface area contributed by atoms with Crippen LogP contribution in [0.15, 0.2) is 24.3 Å². The Morgan fingerprint density at radius 3 is 2.61 bits per heavy atom. The Morgan fingerprint density at radius 1 is 1.22 bits per heavy atom. The van der Waals surface area contributed by atoms with Crippen LogP contribution in [0.3, 0.4) is 0 Å². The lowest BCUT2D eigenvalue weighted by atomic mass is 10.0. The zero-order valence-electron chi connectivity index (χ0n) is 14.1. The monoisotopic (exact) mass is 316 g/mol. The van der Waals surface area contributed by atoms with Crippen molar-refractivity contribution in [2.45, 2.75) is 57.9 Å². The number of Topliss-reactive ketones (excluding diaryl/α,β-unsaturated/α-hetero) is 1. The van der Waals surface area contributed by atoms with Crippen LogP contribution in [0.25, 0.3) is 0 Å². The van der Waals surface area contributed by atoms with E-state index in [-0.39, 0.29) is 30.6 Å². The highest BCUT2D eigenvalue weighted by Gasteiger charge is 2.21. The molecular formula is C19H28N2O2. The Hall–Kier alpha value is -1.68. The molecule has 4 nitrogen and oxygen atoms in total. The van der Waals surface area contributed by atoms with Gasteiger partial charge in [-0.2, -0.15) is 0 Å². The number of nitrogens with two attached hydrogens (primary N) is 1. The molecule has 1 aromatic carbocycles. The lowest BCUT2D eigenvalue weighted by Gasteiger charge is -2.30. The summed E-state index contributed by atoms with van der Waals surface area (Å²) < 4.78 is 0. The quantitative estimate of drug-likeness (QED) is 0.787. The van der Waals surface area contributed by atoms with E-state index in [1.165, 1.54) is 18.4 Å². The van der Waals surface area contributed by atoms with E-state index >= 15 is 0 Å². The van der Waals surface area contributed by atoms with Crippen LogP contribution in [0.2, 0.25) is 0 Å². The number of ketones is 1. The molecule has 23 heavy (non-hydrogen) atoms. The summed E-state index contributed by atoms with van der Waals surface area (Å²) in [6.45, 7) is 3.57. The number of rotatable bonds is 7. The van der Waals surface area contributed by atoms with Gasteiger partial charge in [0.15, 0.2) is 5.78 Å². The van der Waals surface area contributed by atoms with E-state index < -0.39 is 0 Å². The molecule has 1 fully saturated rings. The van der Waals surface area contributed by atoms with E-state index in [1.807, 2.05) is 24.3 Å². The number of piperidine rings is 1. The third kappa shape index (κ3) is 5.47. The summed E-state index contributed by atoms with van der Waals surface area (Å²) >= 11 is 0. The summed E-state index contributed by atoms with van der Waals surface area (Å²) in [5.41, 5.74) is 7.87. The van der Waals surface area contributed by atoms with Gasteiger partial charge in [0.05, 0.1) is 0 Å². The minimum absolute atomic E-state index is 0.0432. The van der Waals surface area contributed by atoms with E-state index in [1.54, 1.807) is 4.90 Å². The molecule has 1 saturated heterocycles. The lowest BCUT2D eigenvalue weighted by molar-refractivity contribution is -0.132. The average Bonchev–Trinajstić information content (AvgIpc) is 2.58. The first-order chi connectivity index (χ1) is 11.1. The van der Waals surface area contributed by atoms with E-state index in [0.717, 1.165) is 25.8 Å². The second kappa shape index (κ2) is 8.82.